The van der Waals surface area contributed by atoms with Crippen LogP contribution in [0.3, 0.4) is 0 Å². The minimum Gasteiger partial charge on any atom is -0.497 e. The van der Waals surface area contributed by atoms with Crippen molar-refractivity contribution in [3.8, 4) is 5.75 Å². The first-order valence-corrected chi connectivity index (χ1v) is 7.14. The largest absolute Gasteiger partial charge is 0.497 e. The van der Waals surface area contributed by atoms with E-state index in [0.717, 1.165) is 44.6 Å². The van der Waals surface area contributed by atoms with Crippen molar-refractivity contribution in [2.75, 3.05) is 26.7 Å². The number of ketones is 1. The molecule has 19 heavy (non-hydrogen) atoms. The van der Waals surface area contributed by atoms with Crippen molar-refractivity contribution in [1.82, 2.24) is 4.90 Å². The fourth-order valence-electron chi connectivity index (χ4n) is 3.29. The molecule has 0 N–H and O–H groups in total. The number of hydrogen-bond donors (Lipinski definition) is 0. The Morgan fingerprint density at radius 1 is 1.21 bits per heavy atom. The number of piperidine rings is 1. The zero-order valence-electron chi connectivity index (χ0n) is 11.5. The van der Waals surface area contributed by atoms with E-state index in [1.807, 2.05) is 0 Å². The van der Waals surface area contributed by atoms with Crippen molar-refractivity contribution in [3.63, 3.8) is 0 Å². The summed E-state index contributed by atoms with van der Waals surface area (Å²) in [5.74, 6) is 2.09. The van der Waals surface area contributed by atoms with Gasteiger partial charge in [-0.3, -0.25) is 4.79 Å². The number of nitrogens with zero attached hydrogens (tertiary/aromatic N) is 1. The third-order valence-electron chi connectivity index (χ3n) is 4.36. The second-order valence-electron chi connectivity index (χ2n) is 5.75. The van der Waals surface area contributed by atoms with Crippen molar-refractivity contribution in [2.45, 2.75) is 25.7 Å². The van der Waals surface area contributed by atoms with Gasteiger partial charge in [0.1, 0.15) is 11.5 Å². The van der Waals surface area contributed by atoms with Crippen molar-refractivity contribution in [1.29, 1.82) is 0 Å². The lowest BCUT2D eigenvalue weighted by molar-refractivity contribution is -0.121. The molecule has 1 saturated heterocycles. The number of carbonyl (C=O) groups excluding carboxylic acids is 1. The molecule has 0 spiro atoms. The molecule has 0 bridgehead atoms. The van der Waals surface area contributed by atoms with Crippen molar-refractivity contribution < 1.29 is 9.53 Å². The number of carbonyl (C=O) groups is 1. The van der Waals surface area contributed by atoms with Crippen molar-refractivity contribution >= 4 is 5.78 Å². The molecule has 3 heteroatoms. The zero-order valence-corrected chi connectivity index (χ0v) is 11.5. The maximum Gasteiger partial charge on any atom is 0.135 e. The SMILES string of the molecule is COc1ccc2c(c1)CC(CN1CCC(=O)CC1)C2. The standard InChI is InChI=1S/C16H21NO2/c1-19-16-3-2-13-8-12(9-14(13)10-16)11-17-6-4-15(18)5-7-17/h2-3,10,12H,4-9,11H2,1H3. The lowest BCUT2D eigenvalue weighted by atomic mass is 10.0. The first kappa shape index (κ1) is 12.7. The second-order valence-corrected chi connectivity index (χ2v) is 5.75. The Labute approximate surface area is 114 Å². The summed E-state index contributed by atoms with van der Waals surface area (Å²) in [6.45, 7) is 3.04. The van der Waals surface area contributed by atoms with Crippen LogP contribution in [-0.4, -0.2) is 37.4 Å². The Hall–Kier alpha value is -1.35. The quantitative estimate of drug-likeness (QED) is 0.832. The molecule has 1 fully saturated rings. The lowest BCUT2D eigenvalue weighted by Gasteiger charge is -2.28. The summed E-state index contributed by atoms with van der Waals surface area (Å²) in [5.41, 5.74) is 2.91. The third-order valence-corrected chi connectivity index (χ3v) is 4.36. The van der Waals surface area contributed by atoms with E-state index in [0.29, 0.717) is 11.7 Å². The van der Waals surface area contributed by atoms with Crippen LogP contribution in [-0.2, 0) is 17.6 Å². The van der Waals surface area contributed by atoms with Crippen molar-refractivity contribution in [2.24, 2.45) is 5.92 Å². The van der Waals surface area contributed by atoms with Gasteiger partial charge in [0.25, 0.3) is 0 Å². The van der Waals surface area contributed by atoms with E-state index in [1.165, 1.54) is 17.5 Å². The van der Waals surface area contributed by atoms with E-state index < -0.39 is 0 Å². The van der Waals surface area contributed by atoms with Crippen LogP contribution in [0.1, 0.15) is 24.0 Å². The summed E-state index contributed by atoms with van der Waals surface area (Å²) in [7, 11) is 1.72. The summed E-state index contributed by atoms with van der Waals surface area (Å²) in [4.78, 5) is 13.7. The molecule has 1 aromatic carbocycles. The van der Waals surface area contributed by atoms with Gasteiger partial charge in [0.05, 0.1) is 7.11 Å². The van der Waals surface area contributed by atoms with E-state index in [-0.39, 0.29) is 0 Å². The number of likely N-dealkylation sites (tertiary alicyclic amines) is 1. The number of methoxy groups -OCH3 is 1. The lowest BCUT2D eigenvalue weighted by Crippen LogP contribution is -2.37. The Bertz CT molecular complexity index is 474. The highest BCUT2D eigenvalue weighted by molar-refractivity contribution is 5.79. The normalized spacial score (nSPS) is 23.4. The van der Waals surface area contributed by atoms with Gasteiger partial charge in [-0.1, -0.05) is 6.07 Å². The highest BCUT2D eigenvalue weighted by Gasteiger charge is 2.25. The van der Waals surface area contributed by atoms with Crippen LogP contribution in [0.25, 0.3) is 0 Å². The van der Waals surface area contributed by atoms with Crippen LogP contribution < -0.4 is 4.74 Å². The number of rotatable bonds is 3. The van der Waals surface area contributed by atoms with Gasteiger partial charge >= 0.3 is 0 Å². The smallest absolute Gasteiger partial charge is 0.135 e. The first-order valence-electron chi connectivity index (χ1n) is 7.14. The fraction of sp³-hybridized carbons (Fsp3) is 0.562. The summed E-state index contributed by atoms with van der Waals surface area (Å²) in [6.07, 6.45) is 3.81. The van der Waals surface area contributed by atoms with Gasteiger partial charge in [0.2, 0.25) is 0 Å². The third kappa shape index (κ3) is 2.81. The molecule has 0 radical (unpaired) electrons. The van der Waals surface area contributed by atoms with Crippen molar-refractivity contribution in [3.05, 3.63) is 29.3 Å². The highest BCUT2D eigenvalue weighted by Crippen LogP contribution is 2.30. The maximum atomic E-state index is 11.3. The van der Waals surface area contributed by atoms with Gasteiger partial charge in [0, 0.05) is 32.5 Å². The fourth-order valence-corrected chi connectivity index (χ4v) is 3.29. The molecule has 102 valence electrons. The predicted molar refractivity (Wildman–Crippen MR) is 74.6 cm³/mol. The summed E-state index contributed by atoms with van der Waals surface area (Å²) in [6, 6.07) is 6.43. The number of ether oxygens (including phenoxy) is 1. The van der Waals surface area contributed by atoms with Crippen LogP contribution in [0.15, 0.2) is 18.2 Å². The van der Waals surface area contributed by atoms with E-state index in [9.17, 15) is 4.79 Å². The van der Waals surface area contributed by atoms with Gasteiger partial charge < -0.3 is 9.64 Å². The van der Waals surface area contributed by atoms with Crippen LogP contribution >= 0.6 is 0 Å². The maximum absolute atomic E-state index is 11.3. The molecule has 1 heterocycles. The van der Waals surface area contributed by atoms with Gasteiger partial charge in [-0.05, 0) is 42.0 Å². The number of hydrogen-bond acceptors (Lipinski definition) is 3. The Kier molecular flexibility index (Phi) is 3.56. The molecule has 1 aliphatic carbocycles. The Morgan fingerprint density at radius 3 is 2.68 bits per heavy atom. The molecule has 1 atom stereocenters. The minimum absolute atomic E-state index is 0.427. The number of Topliss-reactive ketones (excluding diaryl/α,β-unsaturated/α-hetero) is 1. The van der Waals surface area contributed by atoms with E-state index in [4.69, 9.17) is 4.74 Å². The molecule has 0 amide bonds. The van der Waals surface area contributed by atoms with E-state index >= 15 is 0 Å². The first-order chi connectivity index (χ1) is 9.24. The summed E-state index contributed by atoms with van der Waals surface area (Å²) in [5, 5.41) is 0. The van der Waals surface area contributed by atoms with Gasteiger partial charge in [-0.25, -0.2) is 0 Å². The summed E-state index contributed by atoms with van der Waals surface area (Å²) >= 11 is 0. The van der Waals surface area contributed by atoms with Crippen LogP contribution in [0, 0.1) is 5.92 Å². The van der Waals surface area contributed by atoms with Crippen LogP contribution in [0.2, 0.25) is 0 Å². The van der Waals surface area contributed by atoms with Crippen LogP contribution in [0.5, 0.6) is 5.75 Å². The molecular weight excluding hydrogens is 238 g/mol. The Morgan fingerprint density at radius 2 is 1.95 bits per heavy atom. The van der Waals surface area contributed by atoms with Gasteiger partial charge in [-0.2, -0.15) is 0 Å². The molecular formula is C16H21NO2. The highest BCUT2D eigenvalue weighted by atomic mass is 16.5. The molecule has 3 nitrogen and oxygen atoms in total. The molecule has 0 saturated carbocycles. The van der Waals surface area contributed by atoms with Gasteiger partial charge in [0.15, 0.2) is 0 Å². The Balaban J connectivity index is 1.59. The molecule has 3 rings (SSSR count). The monoisotopic (exact) mass is 259 g/mol. The van der Waals surface area contributed by atoms with E-state index in [1.54, 1.807) is 7.11 Å². The molecule has 2 aliphatic rings. The second kappa shape index (κ2) is 5.33. The average Bonchev–Trinajstić information content (AvgIpc) is 2.82. The molecule has 1 unspecified atom stereocenters. The zero-order chi connectivity index (χ0) is 13.2. The summed E-state index contributed by atoms with van der Waals surface area (Å²) < 4.78 is 5.29. The topological polar surface area (TPSA) is 29.5 Å². The predicted octanol–water partition coefficient (Wildman–Crippen LogP) is 2.07. The van der Waals surface area contributed by atoms with E-state index in [2.05, 4.69) is 23.1 Å². The van der Waals surface area contributed by atoms with Crippen LogP contribution in [0.4, 0.5) is 0 Å². The number of fused-ring (bicyclic) bond motifs is 1. The molecule has 1 aliphatic heterocycles. The number of benzene rings is 1. The molecule has 1 aromatic rings. The van der Waals surface area contributed by atoms with Gasteiger partial charge in [-0.15, -0.1) is 0 Å². The minimum atomic E-state index is 0.427. The molecule has 0 aromatic heterocycles. The average molecular weight is 259 g/mol.